The number of benzene rings is 1. The summed E-state index contributed by atoms with van der Waals surface area (Å²) < 4.78 is 0. The van der Waals surface area contributed by atoms with Crippen LogP contribution in [0.15, 0.2) is 43.0 Å². The lowest BCUT2D eigenvalue weighted by atomic mass is 10.0. The Balaban J connectivity index is 1.80. The number of carboxylic acids is 1. The smallest absolute Gasteiger partial charge is 0.326 e. The van der Waals surface area contributed by atoms with Crippen molar-refractivity contribution in [2.24, 2.45) is 11.5 Å². The molecule has 0 saturated carbocycles. The van der Waals surface area contributed by atoms with Crippen LogP contribution in [0.25, 0.3) is 10.9 Å². The number of carbonyl (C=O) groups is 5. The molecule has 5 atom stereocenters. The van der Waals surface area contributed by atoms with Crippen LogP contribution in [0.1, 0.15) is 31.0 Å². The standard InChI is InChI=1S/C26H34N8O7/c1-13(35)22(28)25(39)32-18(6-7-21(27)36)23(37)33-19(9-15-11-29-12-31-15)24(38)34-20(26(40)41)8-14-10-30-17-5-3-2-4-16(14)17/h2-5,10-13,18-20,22,30,35H,6-9,28H2,1H3,(H2,27,36)(H,29,31)(H,32,39)(H,33,37)(H,34,38)(H,40,41). The normalized spacial score (nSPS) is 14.8. The second-order valence-electron chi connectivity index (χ2n) is 9.64. The number of nitrogens with one attached hydrogen (secondary N) is 5. The Morgan fingerprint density at radius 3 is 2.24 bits per heavy atom. The van der Waals surface area contributed by atoms with E-state index in [0.717, 1.165) is 10.9 Å². The first kappa shape index (κ1) is 30.8. The Kier molecular flexibility index (Phi) is 10.5. The lowest BCUT2D eigenvalue weighted by molar-refractivity contribution is -0.142. The summed E-state index contributed by atoms with van der Waals surface area (Å²) in [6, 6.07) is 1.98. The van der Waals surface area contributed by atoms with Gasteiger partial charge in [-0.3, -0.25) is 19.2 Å². The molecule has 15 nitrogen and oxygen atoms in total. The number of aliphatic hydroxyl groups excluding tert-OH is 1. The predicted molar refractivity (Wildman–Crippen MR) is 146 cm³/mol. The molecule has 0 spiro atoms. The van der Waals surface area contributed by atoms with Crippen molar-refractivity contribution in [1.29, 1.82) is 0 Å². The molecule has 0 saturated heterocycles. The van der Waals surface area contributed by atoms with E-state index >= 15 is 0 Å². The lowest BCUT2D eigenvalue weighted by Crippen LogP contribution is -2.58. The summed E-state index contributed by atoms with van der Waals surface area (Å²) in [5, 5.41) is 27.7. The molecule has 2 aromatic heterocycles. The molecule has 0 aliphatic carbocycles. The van der Waals surface area contributed by atoms with Gasteiger partial charge in [0.1, 0.15) is 24.2 Å². The van der Waals surface area contributed by atoms with E-state index in [1.807, 2.05) is 24.3 Å². The van der Waals surface area contributed by atoms with Gasteiger partial charge in [-0.2, -0.15) is 0 Å². The Labute approximate surface area is 234 Å². The third-order valence-corrected chi connectivity index (χ3v) is 6.46. The zero-order valence-corrected chi connectivity index (χ0v) is 22.3. The number of rotatable bonds is 15. The van der Waals surface area contributed by atoms with E-state index in [4.69, 9.17) is 11.5 Å². The van der Waals surface area contributed by atoms with E-state index in [2.05, 4.69) is 30.9 Å². The molecule has 0 radical (unpaired) electrons. The van der Waals surface area contributed by atoms with Crippen molar-refractivity contribution in [2.75, 3.05) is 0 Å². The summed E-state index contributed by atoms with van der Waals surface area (Å²) in [5.74, 6) is -4.52. The third-order valence-electron chi connectivity index (χ3n) is 6.46. The Morgan fingerprint density at radius 2 is 1.61 bits per heavy atom. The number of nitrogens with zero attached hydrogens (tertiary/aromatic N) is 1. The van der Waals surface area contributed by atoms with E-state index in [0.29, 0.717) is 11.3 Å². The Bertz CT molecular complexity index is 1370. The van der Waals surface area contributed by atoms with Crippen LogP contribution in [-0.2, 0) is 36.8 Å². The maximum atomic E-state index is 13.4. The number of amides is 4. The molecule has 0 fully saturated rings. The number of primary amides is 1. The van der Waals surface area contributed by atoms with Gasteiger partial charge < -0.3 is 47.6 Å². The van der Waals surface area contributed by atoms with Gasteiger partial charge in [0.15, 0.2) is 0 Å². The van der Waals surface area contributed by atoms with E-state index in [9.17, 15) is 34.2 Å². The molecule has 4 amide bonds. The van der Waals surface area contributed by atoms with Gasteiger partial charge >= 0.3 is 5.97 Å². The van der Waals surface area contributed by atoms with Crippen LogP contribution in [0.4, 0.5) is 0 Å². The molecule has 11 N–H and O–H groups in total. The fourth-order valence-electron chi connectivity index (χ4n) is 4.13. The highest BCUT2D eigenvalue weighted by Crippen LogP contribution is 2.19. The maximum Gasteiger partial charge on any atom is 0.326 e. The number of imidazole rings is 1. The predicted octanol–water partition coefficient (Wildman–Crippen LogP) is -1.81. The van der Waals surface area contributed by atoms with Crippen LogP contribution in [0.5, 0.6) is 0 Å². The highest BCUT2D eigenvalue weighted by molar-refractivity contribution is 5.95. The molecule has 0 aliphatic heterocycles. The minimum absolute atomic E-state index is 0.0374. The van der Waals surface area contributed by atoms with E-state index in [-0.39, 0.29) is 25.7 Å². The number of para-hydroxylation sites is 1. The monoisotopic (exact) mass is 570 g/mol. The molecule has 220 valence electrons. The van der Waals surface area contributed by atoms with Gasteiger partial charge in [-0.15, -0.1) is 0 Å². The number of carbonyl (C=O) groups excluding carboxylic acids is 4. The summed E-state index contributed by atoms with van der Waals surface area (Å²) in [6.45, 7) is 1.29. The van der Waals surface area contributed by atoms with Gasteiger partial charge in [-0.25, -0.2) is 9.78 Å². The lowest BCUT2D eigenvalue weighted by Gasteiger charge is -2.25. The fourth-order valence-corrected chi connectivity index (χ4v) is 4.13. The van der Waals surface area contributed by atoms with E-state index in [1.54, 1.807) is 6.20 Å². The minimum atomic E-state index is -1.36. The number of aromatic nitrogens is 3. The molecule has 2 heterocycles. The van der Waals surface area contributed by atoms with Crippen molar-refractivity contribution in [3.05, 3.63) is 54.2 Å². The van der Waals surface area contributed by atoms with Crippen LogP contribution in [-0.4, -0.2) is 85.0 Å². The maximum absolute atomic E-state index is 13.4. The number of nitrogens with two attached hydrogens (primary N) is 2. The van der Waals surface area contributed by atoms with Gasteiger partial charge in [0.2, 0.25) is 23.6 Å². The topological polar surface area (TPSA) is 258 Å². The molecule has 1 aromatic carbocycles. The number of hydrogen-bond acceptors (Lipinski definition) is 8. The van der Waals surface area contributed by atoms with Crippen molar-refractivity contribution >= 4 is 40.5 Å². The fraction of sp³-hybridized carbons (Fsp3) is 0.385. The van der Waals surface area contributed by atoms with Crippen molar-refractivity contribution < 1.29 is 34.2 Å². The van der Waals surface area contributed by atoms with Crippen LogP contribution in [0.3, 0.4) is 0 Å². The van der Waals surface area contributed by atoms with Crippen molar-refractivity contribution in [3.63, 3.8) is 0 Å². The average Bonchev–Trinajstić information content (AvgIpc) is 3.59. The molecular weight excluding hydrogens is 536 g/mol. The highest BCUT2D eigenvalue weighted by atomic mass is 16.4. The Morgan fingerprint density at radius 1 is 0.951 bits per heavy atom. The van der Waals surface area contributed by atoms with Crippen molar-refractivity contribution in [1.82, 2.24) is 30.9 Å². The molecule has 41 heavy (non-hydrogen) atoms. The molecule has 0 bridgehead atoms. The number of aromatic amines is 2. The zero-order valence-electron chi connectivity index (χ0n) is 22.3. The zero-order chi connectivity index (χ0) is 30.1. The number of aliphatic hydroxyl groups is 1. The van der Waals surface area contributed by atoms with Crippen LogP contribution < -0.4 is 27.4 Å². The quantitative estimate of drug-likeness (QED) is 0.0995. The van der Waals surface area contributed by atoms with Gasteiger partial charge in [-0.05, 0) is 25.0 Å². The first-order valence-corrected chi connectivity index (χ1v) is 12.8. The number of carboxylic acid groups (broad SMARTS) is 1. The van der Waals surface area contributed by atoms with E-state index < -0.39 is 59.9 Å². The summed E-state index contributed by atoms with van der Waals surface area (Å²) in [6.07, 6.45) is 2.63. The summed E-state index contributed by atoms with van der Waals surface area (Å²) in [5.41, 5.74) is 12.8. The minimum Gasteiger partial charge on any atom is -0.480 e. The number of hydrogen-bond donors (Lipinski definition) is 9. The van der Waals surface area contributed by atoms with Crippen LogP contribution >= 0.6 is 0 Å². The summed E-state index contributed by atoms with van der Waals surface area (Å²) in [7, 11) is 0. The van der Waals surface area contributed by atoms with Gasteiger partial charge in [-0.1, -0.05) is 18.2 Å². The first-order chi connectivity index (χ1) is 19.5. The van der Waals surface area contributed by atoms with Gasteiger partial charge in [0.25, 0.3) is 0 Å². The molecule has 3 aromatic rings. The van der Waals surface area contributed by atoms with Crippen LogP contribution in [0.2, 0.25) is 0 Å². The third kappa shape index (κ3) is 8.61. The average molecular weight is 571 g/mol. The number of fused-ring (bicyclic) bond motifs is 1. The largest absolute Gasteiger partial charge is 0.480 e. The molecule has 5 unspecified atom stereocenters. The van der Waals surface area contributed by atoms with Crippen molar-refractivity contribution in [2.45, 2.75) is 62.9 Å². The summed E-state index contributed by atoms with van der Waals surface area (Å²) in [4.78, 5) is 72.3. The first-order valence-electron chi connectivity index (χ1n) is 12.8. The number of aliphatic carboxylic acids is 1. The van der Waals surface area contributed by atoms with Gasteiger partial charge in [0, 0.05) is 48.3 Å². The van der Waals surface area contributed by atoms with E-state index in [1.165, 1.54) is 19.4 Å². The SMILES string of the molecule is CC(O)C(N)C(=O)NC(CCC(N)=O)C(=O)NC(Cc1cnc[nH]1)C(=O)NC(Cc1c[nH]c2ccccc12)C(=O)O. The molecular formula is C26H34N8O7. The number of H-pyrrole nitrogens is 2. The molecule has 15 heteroatoms. The molecule has 0 aliphatic rings. The van der Waals surface area contributed by atoms with Gasteiger partial charge in [0.05, 0.1) is 12.4 Å². The van der Waals surface area contributed by atoms with Crippen LogP contribution in [0, 0.1) is 0 Å². The second kappa shape index (κ2) is 14.0. The molecule has 3 rings (SSSR count). The summed E-state index contributed by atoms with van der Waals surface area (Å²) >= 11 is 0. The second-order valence-corrected chi connectivity index (χ2v) is 9.64. The van der Waals surface area contributed by atoms with Crippen molar-refractivity contribution in [3.8, 4) is 0 Å². The Hall–Kier alpha value is -4.76. The highest BCUT2D eigenvalue weighted by Gasteiger charge is 2.32.